The molecule has 0 aliphatic heterocycles. The molecule has 12 heavy (non-hydrogen) atoms. The molecule has 0 heterocycles. The first kappa shape index (κ1) is 11.3. The molecule has 0 unspecified atom stereocenters. The molecule has 0 fully saturated rings. The van der Waals surface area contributed by atoms with Gasteiger partial charge in [0.2, 0.25) is 0 Å². The fourth-order valence-corrected chi connectivity index (χ4v) is 0.478. The third-order valence-electron chi connectivity index (χ3n) is 0.843. The minimum atomic E-state index is -5.39. The Morgan fingerprint density at radius 1 is 1.08 bits per heavy atom. The topological polar surface area (TPSA) is 114 Å². The van der Waals surface area contributed by atoms with E-state index in [9.17, 15) is 0 Å². The summed E-state index contributed by atoms with van der Waals surface area (Å²) in [6, 6.07) is 9.87. The number of quaternary nitrogens is 1. The Kier molecular flexibility index (Phi) is 4.73. The summed E-state index contributed by atoms with van der Waals surface area (Å²) in [6.45, 7) is 0. The zero-order chi connectivity index (χ0) is 9.61. The molecule has 0 spiro atoms. The second kappa shape index (κ2) is 5.03. The summed E-state index contributed by atoms with van der Waals surface area (Å²) >= 11 is 0. The lowest BCUT2D eigenvalue weighted by atomic mass is 10.3. The fourth-order valence-electron chi connectivity index (χ4n) is 0.478. The van der Waals surface area contributed by atoms with Crippen LogP contribution in [0.2, 0.25) is 0 Å². The predicted octanol–water partition coefficient (Wildman–Crippen LogP) is -2.26. The molecule has 0 atom stereocenters. The SMILES string of the molecule is O=P([O-])([O-])[O-].[NH3+]c1ccccc1. The summed E-state index contributed by atoms with van der Waals surface area (Å²) in [5.41, 5.74) is 4.79. The van der Waals surface area contributed by atoms with Crippen molar-refractivity contribution in [1.82, 2.24) is 0 Å². The van der Waals surface area contributed by atoms with Crippen LogP contribution in [0.5, 0.6) is 0 Å². The highest BCUT2D eigenvalue weighted by Gasteiger charge is 1.77. The van der Waals surface area contributed by atoms with E-state index in [1.165, 1.54) is 0 Å². The average molecular weight is 189 g/mol. The number of rotatable bonds is 0. The first-order valence-corrected chi connectivity index (χ1v) is 4.46. The van der Waals surface area contributed by atoms with Gasteiger partial charge in [0.15, 0.2) is 0 Å². The smallest absolute Gasteiger partial charge is 0.127 e. The van der Waals surface area contributed by atoms with Gasteiger partial charge in [-0.25, -0.2) is 0 Å². The lowest BCUT2D eigenvalue weighted by molar-refractivity contribution is -0.432. The van der Waals surface area contributed by atoms with Crippen molar-refractivity contribution in [3.05, 3.63) is 30.3 Å². The quantitative estimate of drug-likeness (QED) is 0.463. The van der Waals surface area contributed by atoms with Crippen LogP contribution < -0.4 is 20.4 Å². The molecule has 1 aromatic rings. The van der Waals surface area contributed by atoms with Gasteiger partial charge in [0, 0.05) is 0 Å². The van der Waals surface area contributed by atoms with Gasteiger partial charge in [0.05, 0.1) is 0 Å². The van der Waals surface area contributed by atoms with Crippen LogP contribution in [-0.2, 0) is 4.57 Å². The highest BCUT2D eigenvalue weighted by molar-refractivity contribution is 7.40. The van der Waals surface area contributed by atoms with E-state index >= 15 is 0 Å². The van der Waals surface area contributed by atoms with E-state index in [0.717, 1.165) is 5.69 Å². The van der Waals surface area contributed by atoms with Crippen molar-refractivity contribution < 1.29 is 25.0 Å². The Morgan fingerprint density at radius 2 is 1.42 bits per heavy atom. The lowest BCUT2D eigenvalue weighted by Gasteiger charge is -2.36. The number of benzene rings is 1. The minimum absolute atomic E-state index is 1.07. The summed E-state index contributed by atoms with van der Waals surface area (Å²) in [7, 11) is -5.39. The molecule has 0 amide bonds. The zero-order valence-corrected chi connectivity index (χ0v) is 7.07. The van der Waals surface area contributed by atoms with Crippen LogP contribution in [0.1, 0.15) is 0 Å². The van der Waals surface area contributed by atoms with Crippen molar-refractivity contribution in [2.75, 3.05) is 0 Å². The van der Waals surface area contributed by atoms with E-state index in [1.807, 2.05) is 30.3 Å². The zero-order valence-electron chi connectivity index (χ0n) is 6.17. The molecule has 0 bridgehead atoms. The number of hydrogen-bond acceptors (Lipinski definition) is 4. The molecule has 1 rings (SSSR count). The second-order valence-corrected chi connectivity index (χ2v) is 2.83. The first-order valence-electron chi connectivity index (χ1n) is 2.99. The highest BCUT2D eigenvalue weighted by Crippen LogP contribution is 2.03. The summed E-state index contributed by atoms with van der Waals surface area (Å²) < 4.78 is 8.55. The van der Waals surface area contributed by atoms with Gasteiger partial charge in [-0.15, -0.1) is 0 Å². The van der Waals surface area contributed by atoms with Gasteiger partial charge in [-0.2, -0.15) is 7.82 Å². The Morgan fingerprint density at radius 3 is 1.58 bits per heavy atom. The van der Waals surface area contributed by atoms with E-state index in [4.69, 9.17) is 19.2 Å². The lowest BCUT2D eigenvalue weighted by Crippen LogP contribution is -2.39. The predicted molar refractivity (Wildman–Crippen MR) is 36.6 cm³/mol. The summed E-state index contributed by atoms with van der Waals surface area (Å²) in [5.74, 6) is 0. The van der Waals surface area contributed by atoms with Crippen LogP contribution >= 0.6 is 7.82 Å². The Labute approximate surface area is 69.7 Å². The van der Waals surface area contributed by atoms with Crippen molar-refractivity contribution in [2.45, 2.75) is 0 Å². The molecule has 0 saturated carbocycles. The van der Waals surface area contributed by atoms with E-state index in [-0.39, 0.29) is 0 Å². The maximum atomic E-state index is 8.55. The molecule has 3 N–H and O–H groups in total. The van der Waals surface area contributed by atoms with Crippen molar-refractivity contribution >= 4 is 13.5 Å². The van der Waals surface area contributed by atoms with Crippen LogP contribution in [0.15, 0.2) is 30.3 Å². The Bertz CT molecular complexity index is 249. The van der Waals surface area contributed by atoms with E-state index in [1.54, 1.807) is 0 Å². The molecule has 0 aliphatic carbocycles. The first-order chi connectivity index (χ1) is 5.39. The molecular formula is C6H8NO4P-2. The van der Waals surface area contributed by atoms with Gasteiger partial charge in [-0.1, -0.05) is 18.2 Å². The van der Waals surface area contributed by atoms with Crippen molar-refractivity contribution in [3.63, 3.8) is 0 Å². The van der Waals surface area contributed by atoms with Crippen molar-refractivity contribution in [3.8, 4) is 0 Å². The third-order valence-corrected chi connectivity index (χ3v) is 0.843. The molecule has 5 nitrogen and oxygen atoms in total. The third kappa shape index (κ3) is 12.0. The minimum Gasteiger partial charge on any atom is -0.822 e. The van der Waals surface area contributed by atoms with Gasteiger partial charge in [-0.05, 0) is 12.1 Å². The van der Waals surface area contributed by atoms with Gasteiger partial charge < -0.3 is 25.0 Å². The summed E-state index contributed by atoms with van der Waals surface area (Å²) in [6.07, 6.45) is 0. The number of hydrogen-bond donors (Lipinski definition) is 1. The normalized spacial score (nSPS) is 10.0. The van der Waals surface area contributed by atoms with Crippen molar-refractivity contribution in [1.29, 1.82) is 0 Å². The van der Waals surface area contributed by atoms with Crippen molar-refractivity contribution in [2.24, 2.45) is 0 Å². The molecule has 6 heteroatoms. The van der Waals surface area contributed by atoms with E-state index < -0.39 is 7.82 Å². The van der Waals surface area contributed by atoms with Gasteiger partial charge in [0.1, 0.15) is 5.69 Å². The number of phosphoric acid groups is 1. The standard InChI is InChI=1S/C6H7N.H3O4P/c7-6-4-2-1-3-5-6;1-5(2,3)4/h1-5H,7H2;(H3,1,2,3,4)/p-2. The van der Waals surface area contributed by atoms with Gasteiger partial charge in [0.25, 0.3) is 0 Å². The molecule has 68 valence electrons. The fraction of sp³-hybridized carbons (Fsp3) is 0. The van der Waals surface area contributed by atoms with Crippen LogP contribution in [-0.4, -0.2) is 0 Å². The van der Waals surface area contributed by atoms with E-state index in [0.29, 0.717) is 0 Å². The maximum absolute atomic E-state index is 8.55. The Balaban J connectivity index is 0.000000217. The molecule has 0 radical (unpaired) electrons. The Hall–Kier alpha value is -0.710. The molecule has 0 saturated heterocycles. The van der Waals surface area contributed by atoms with Gasteiger partial charge >= 0.3 is 0 Å². The molecule has 0 aliphatic rings. The van der Waals surface area contributed by atoms with E-state index in [2.05, 4.69) is 5.73 Å². The maximum Gasteiger partial charge on any atom is 0.127 e. The molecule has 1 aromatic carbocycles. The summed E-state index contributed by atoms with van der Waals surface area (Å²) in [4.78, 5) is 25.6. The monoisotopic (exact) mass is 189 g/mol. The summed E-state index contributed by atoms with van der Waals surface area (Å²) in [5, 5.41) is 0. The molecular weight excluding hydrogens is 181 g/mol. The van der Waals surface area contributed by atoms with Crippen LogP contribution in [0.25, 0.3) is 0 Å². The van der Waals surface area contributed by atoms with Crippen LogP contribution in [0.4, 0.5) is 5.69 Å². The molecule has 0 aromatic heterocycles. The average Bonchev–Trinajstić information content (AvgIpc) is 1.85. The van der Waals surface area contributed by atoms with Crippen LogP contribution in [0, 0.1) is 0 Å². The van der Waals surface area contributed by atoms with Crippen LogP contribution in [0.3, 0.4) is 0 Å². The second-order valence-electron chi connectivity index (χ2n) is 1.93. The highest BCUT2D eigenvalue weighted by atomic mass is 31.2. The largest absolute Gasteiger partial charge is 0.822 e. The van der Waals surface area contributed by atoms with Gasteiger partial charge in [-0.3, -0.25) is 0 Å².